The summed E-state index contributed by atoms with van der Waals surface area (Å²) in [5.74, 6) is 0.0253. The van der Waals surface area contributed by atoms with Gasteiger partial charge in [-0.1, -0.05) is 13.8 Å². The third-order valence-electron chi connectivity index (χ3n) is 1.92. The molecule has 0 aliphatic rings. The van der Waals surface area contributed by atoms with Crippen molar-refractivity contribution in [2.75, 3.05) is 0 Å². The normalized spacial score (nSPS) is 12.6. The molecule has 0 saturated carbocycles. The van der Waals surface area contributed by atoms with Crippen LogP contribution in [0.3, 0.4) is 0 Å². The number of hydrogen-bond acceptors (Lipinski definition) is 3. The summed E-state index contributed by atoms with van der Waals surface area (Å²) in [6.45, 7) is 5.61. The standard InChI is InChI=1S/C10H15N3O/c1-7(2)10(14)12-8(3)9-5-4-6-11-13-9/h4-8H,1-3H3,(H,12,14)/t8-/m1/s1. The Kier molecular flexibility index (Phi) is 3.56. The lowest BCUT2D eigenvalue weighted by Crippen LogP contribution is -2.30. The number of nitrogens with zero attached hydrogens (tertiary/aromatic N) is 2. The second-order valence-electron chi connectivity index (χ2n) is 3.53. The molecule has 1 N–H and O–H groups in total. The monoisotopic (exact) mass is 193 g/mol. The van der Waals surface area contributed by atoms with E-state index in [-0.39, 0.29) is 17.9 Å². The quantitative estimate of drug-likeness (QED) is 0.787. The third kappa shape index (κ3) is 2.80. The van der Waals surface area contributed by atoms with E-state index in [4.69, 9.17) is 0 Å². The largest absolute Gasteiger partial charge is 0.348 e. The van der Waals surface area contributed by atoms with Gasteiger partial charge in [0.2, 0.25) is 5.91 Å². The summed E-state index contributed by atoms with van der Waals surface area (Å²) < 4.78 is 0. The lowest BCUT2D eigenvalue weighted by Gasteiger charge is -2.14. The minimum absolute atomic E-state index is 0.00544. The highest BCUT2D eigenvalue weighted by Crippen LogP contribution is 2.07. The fraction of sp³-hybridized carbons (Fsp3) is 0.500. The predicted molar refractivity (Wildman–Crippen MR) is 53.4 cm³/mol. The van der Waals surface area contributed by atoms with Gasteiger partial charge >= 0.3 is 0 Å². The Balaban J connectivity index is 2.59. The molecule has 1 amide bonds. The van der Waals surface area contributed by atoms with Gasteiger partial charge in [0.05, 0.1) is 11.7 Å². The highest BCUT2D eigenvalue weighted by Gasteiger charge is 2.12. The summed E-state index contributed by atoms with van der Waals surface area (Å²) in [5, 5.41) is 10.5. The zero-order chi connectivity index (χ0) is 10.6. The fourth-order valence-electron chi connectivity index (χ4n) is 0.998. The molecule has 0 saturated heterocycles. The molecule has 1 aromatic rings. The van der Waals surface area contributed by atoms with Crippen LogP contribution in [0.2, 0.25) is 0 Å². The summed E-state index contributed by atoms with van der Waals surface area (Å²) >= 11 is 0. The summed E-state index contributed by atoms with van der Waals surface area (Å²) in [7, 11) is 0. The van der Waals surface area contributed by atoms with Gasteiger partial charge in [-0.15, -0.1) is 0 Å². The summed E-state index contributed by atoms with van der Waals surface area (Å²) in [5.41, 5.74) is 0.779. The molecule has 1 heterocycles. The van der Waals surface area contributed by atoms with E-state index in [1.165, 1.54) is 0 Å². The van der Waals surface area contributed by atoms with Crippen LogP contribution in [0.1, 0.15) is 32.5 Å². The first-order chi connectivity index (χ1) is 6.61. The molecular formula is C10H15N3O. The minimum Gasteiger partial charge on any atom is -0.348 e. The molecule has 0 bridgehead atoms. The molecule has 1 atom stereocenters. The molecule has 14 heavy (non-hydrogen) atoms. The second kappa shape index (κ2) is 4.69. The summed E-state index contributed by atoms with van der Waals surface area (Å²) in [6.07, 6.45) is 1.61. The SMILES string of the molecule is CC(C)C(=O)N[C@H](C)c1cccnn1. The molecule has 1 aromatic heterocycles. The van der Waals surface area contributed by atoms with Crippen LogP contribution >= 0.6 is 0 Å². The second-order valence-corrected chi connectivity index (χ2v) is 3.53. The van der Waals surface area contributed by atoms with Gasteiger partial charge in [-0.25, -0.2) is 0 Å². The van der Waals surface area contributed by atoms with Crippen molar-refractivity contribution in [2.24, 2.45) is 5.92 Å². The van der Waals surface area contributed by atoms with Gasteiger partial charge in [-0.3, -0.25) is 4.79 Å². The number of carbonyl (C=O) groups excluding carboxylic acids is 1. The van der Waals surface area contributed by atoms with Crippen molar-refractivity contribution >= 4 is 5.91 Å². The van der Waals surface area contributed by atoms with E-state index < -0.39 is 0 Å². The topological polar surface area (TPSA) is 54.9 Å². The van der Waals surface area contributed by atoms with E-state index in [0.29, 0.717) is 0 Å². The Morgan fingerprint density at radius 2 is 2.14 bits per heavy atom. The van der Waals surface area contributed by atoms with Gasteiger partial charge in [0.1, 0.15) is 0 Å². The molecule has 0 aliphatic heterocycles. The molecule has 0 aliphatic carbocycles. The van der Waals surface area contributed by atoms with Crippen molar-refractivity contribution in [2.45, 2.75) is 26.8 Å². The molecule has 0 aromatic carbocycles. The number of nitrogens with one attached hydrogen (secondary N) is 1. The van der Waals surface area contributed by atoms with Crippen LogP contribution in [0, 0.1) is 5.92 Å². The number of amides is 1. The molecule has 0 radical (unpaired) electrons. The van der Waals surface area contributed by atoms with Gasteiger partial charge in [-0.2, -0.15) is 10.2 Å². The van der Waals surface area contributed by atoms with E-state index in [0.717, 1.165) is 5.69 Å². The minimum atomic E-state index is -0.0846. The molecule has 4 nitrogen and oxygen atoms in total. The summed E-state index contributed by atoms with van der Waals surface area (Å²) in [4.78, 5) is 11.4. The van der Waals surface area contributed by atoms with E-state index >= 15 is 0 Å². The van der Waals surface area contributed by atoms with Gasteiger partial charge in [0, 0.05) is 12.1 Å². The van der Waals surface area contributed by atoms with Crippen molar-refractivity contribution in [1.29, 1.82) is 0 Å². The van der Waals surface area contributed by atoms with Crippen molar-refractivity contribution in [1.82, 2.24) is 15.5 Å². The fourth-order valence-corrected chi connectivity index (χ4v) is 0.998. The number of aromatic nitrogens is 2. The molecule has 0 unspecified atom stereocenters. The number of carbonyl (C=O) groups is 1. The maximum absolute atomic E-state index is 11.4. The number of hydrogen-bond donors (Lipinski definition) is 1. The van der Waals surface area contributed by atoms with Crippen LogP contribution in [0.15, 0.2) is 18.3 Å². The van der Waals surface area contributed by atoms with Crippen molar-refractivity contribution in [3.63, 3.8) is 0 Å². The molecular weight excluding hydrogens is 178 g/mol. The first-order valence-corrected chi connectivity index (χ1v) is 4.69. The van der Waals surface area contributed by atoms with Crippen LogP contribution in [-0.4, -0.2) is 16.1 Å². The first kappa shape index (κ1) is 10.6. The van der Waals surface area contributed by atoms with Crippen molar-refractivity contribution in [3.8, 4) is 0 Å². The van der Waals surface area contributed by atoms with Crippen LogP contribution in [0.4, 0.5) is 0 Å². The predicted octanol–water partition coefficient (Wildman–Crippen LogP) is 1.31. The Labute approximate surface area is 83.7 Å². The Hall–Kier alpha value is -1.45. The zero-order valence-corrected chi connectivity index (χ0v) is 8.69. The van der Waals surface area contributed by atoms with E-state index in [2.05, 4.69) is 15.5 Å². The van der Waals surface area contributed by atoms with Crippen LogP contribution in [-0.2, 0) is 4.79 Å². The Morgan fingerprint density at radius 3 is 2.64 bits per heavy atom. The van der Waals surface area contributed by atoms with Gasteiger partial charge in [-0.05, 0) is 19.1 Å². The zero-order valence-electron chi connectivity index (χ0n) is 8.69. The molecule has 4 heteroatoms. The molecule has 76 valence electrons. The van der Waals surface area contributed by atoms with Crippen molar-refractivity contribution in [3.05, 3.63) is 24.0 Å². The number of rotatable bonds is 3. The van der Waals surface area contributed by atoms with Crippen LogP contribution in [0.5, 0.6) is 0 Å². The summed E-state index contributed by atoms with van der Waals surface area (Å²) in [6, 6.07) is 3.57. The Bertz CT molecular complexity index is 297. The smallest absolute Gasteiger partial charge is 0.223 e. The van der Waals surface area contributed by atoms with Crippen LogP contribution in [0.25, 0.3) is 0 Å². The highest BCUT2D eigenvalue weighted by molar-refractivity contribution is 5.78. The maximum Gasteiger partial charge on any atom is 0.223 e. The highest BCUT2D eigenvalue weighted by atomic mass is 16.1. The van der Waals surface area contributed by atoms with E-state index in [9.17, 15) is 4.79 Å². The van der Waals surface area contributed by atoms with Crippen molar-refractivity contribution < 1.29 is 4.79 Å². The van der Waals surface area contributed by atoms with E-state index in [1.54, 1.807) is 12.3 Å². The van der Waals surface area contributed by atoms with Gasteiger partial charge in [0.25, 0.3) is 0 Å². The first-order valence-electron chi connectivity index (χ1n) is 4.69. The van der Waals surface area contributed by atoms with E-state index in [1.807, 2.05) is 26.8 Å². The average Bonchev–Trinajstić information content (AvgIpc) is 2.19. The molecule has 1 rings (SSSR count). The molecule has 0 fully saturated rings. The molecule has 0 spiro atoms. The maximum atomic E-state index is 11.4. The average molecular weight is 193 g/mol. The lowest BCUT2D eigenvalue weighted by molar-refractivity contribution is -0.124. The van der Waals surface area contributed by atoms with Crippen LogP contribution < -0.4 is 5.32 Å². The lowest BCUT2D eigenvalue weighted by atomic mass is 10.1. The van der Waals surface area contributed by atoms with Gasteiger partial charge in [0.15, 0.2) is 0 Å². The van der Waals surface area contributed by atoms with Gasteiger partial charge < -0.3 is 5.32 Å². The Morgan fingerprint density at radius 1 is 1.43 bits per heavy atom. The third-order valence-corrected chi connectivity index (χ3v) is 1.92.